The average molecular weight is 194 g/mol. The molecule has 2 N–H and O–H groups in total. The van der Waals surface area contributed by atoms with Gasteiger partial charge in [0.2, 0.25) is 0 Å². The molecule has 78 valence electrons. The smallest absolute Gasteiger partial charge is 0.319 e. The summed E-state index contributed by atoms with van der Waals surface area (Å²) in [5.41, 5.74) is 1.71. The molecule has 2 amide bonds. The van der Waals surface area contributed by atoms with Crippen molar-refractivity contribution in [3.8, 4) is 0 Å². The van der Waals surface area contributed by atoms with Crippen LogP contribution in [0.25, 0.3) is 0 Å². The Labute approximate surface area is 85.6 Å². The van der Waals surface area contributed by atoms with Crippen molar-refractivity contribution in [1.82, 2.24) is 10.6 Å². The molecule has 0 spiro atoms. The van der Waals surface area contributed by atoms with E-state index in [-0.39, 0.29) is 6.03 Å². The molecule has 0 bridgehead atoms. The van der Waals surface area contributed by atoms with Gasteiger partial charge in [-0.2, -0.15) is 0 Å². The molecule has 0 saturated heterocycles. The minimum absolute atomic E-state index is 0.188. The van der Waals surface area contributed by atoms with Gasteiger partial charge in [0, 0.05) is 12.2 Å². The highest BCUT2D eigenvalue weighted by molar-refractivity contribution is 5.76. The zero-order chi connectivity index (χ0) is 11.0. The lowest BCUT2D eigenvalue weighted by Gasteiger charge is -2.05. The molecule has 0 rings (SSSR count). The molecule has 0 unspecified atom stereocenters. The van der Waals surface area contributed by atoms with E-state index in [0.29, 0.717) is 6.54 Å². The van der Waals surface area contributed by atoms with Crippen LogP contribution in [0.4, 0.5) is 4.79 Å². The standard InChI is InChI=1S/C11H18N2O/c1-5-10(8-7-9(3)4)13-11(14)12-6-2/h5,7-8H,3,6H2,1-2,4H3,(H2,12,13,14)/b8-7-,10-5+. The summed E-state index contributed by atoms with van der Waals surface area (Å²) in [5.74, 6) is 0. The lowest BCUT2D eigenvalue weighted by atomic mass is 10.3. The first kappa shape index (κ1) is 12.5. The number of hydrogen-bond acceptors (Lipinski definition) is 1. The first-order valence-electron chi connectivity index (χ1n) is 4.65. The van der Waals surface area contributed by atoms with Gasteiger partial charge in [-0.25, -0.2) is 4.79 Å². The lowest BCUT2D eigenvalue weighted by molar-refractivity contribution is 0.244. The van der Waals surface area contributed by atoms with Gasteiger partial charge in [-0.05, 0) is 26.8 Å². The van der Waals surface area contributed by atoms with Crippen molar-refractivity contribution < 1.29 is 4.79 Å². The van der Waals surface area contributed by atoms with Gasteiger partial charge >= 0.3 is 6.03 Å². The van der Waals surface area contributed by atoms with E-state index in [9.17, 15) is 4.79 Å². The average Bonchev–Trinajstić information content (AvgIpc) is 2.12. The van der Waals surface area contributed by atoms with Crippen molar-refractivity contribution in [2.24, 2.45) is 0 Å². The summed E-state index contributed by atoms with van der Waals surface area (Å²) in [6, 6.07) is -0.188. The van der Waals surface area contributed by atoms with E-state index in [1.807, 2.05) is 39.0 Å². The Bertz CT molecular complexity index is 264. The molecule has 0 saturated carbocycles. The van der Waals surface area contributed by atoms with Crippen molar-refractivity contribution in [3.63, 3.8) is 0 Å². The number of carbonyl (C=O) groups excluding carboxylic acids is 1. The summed E-state index contributed by atoms with van der Waals surface area (Å²) in [6.07, 6.45) is 5.49. The van der Waals surface area contributed by atoms with Crippen LogP contribution >= 0.6 is 0 Å². The van der Waals surface area contributed by atoms with Crippen molar-refractivity contribution in [3.05, 3.63) is 36.1 Å². The molecule has 0 aliphatic heterocycles. The SMILES string of the molecule is C=C(C)/C=C\C(=C/C)NC(=O)NCC. The summed E-state index contributed by atoms with van der Waals surface area (Å²) in [5, 5.41) is 5.36. The monoisotopic (exact) mass is 194 g/mol. The Hall–Kier alpha value is -1.51. The third kappa shape index (κ3) is 6.06. The minimum Gasteiger partial charge on any atom is -0.338 e. The van der Waals surface area contributed by atoms with Crippen LogP contribution in [-0.4, -0.2) is 12.6 Å². The molecule has 0 aliphatic carbocycles. The molecule has 0 heterocycles. The Kier molecular flexibility index (Phi) is 6.20. The summed E-state index contributed by atoms with van der Waals surface area (Å²) in [4.78, 5) is 11.1. The fraction of sp³-hybridized carbons (Fsp3) is 0.364. The van der Waals surface area contributed by atoms with Crippen LogP contribution in [-0.2, 0) is 0 Å². The Balaban J connectivity index is 4.18. The maximum absolute atomic E-state index is 11.1. The van der Waals surface area contributed by atoms with Crippen LogP contribution in [0.3, 0.4) is 0 Å². The van der Waals surface area contributed by atoms with Gasteiger partial charge in [0.05, 0.1) is 0 Å². The number of hydrogen-bond donors (Lipinski definition) is 2. The second kappa shape index (κ2) is 6.95. The van der Waals surface area contributed by atoms with Gasteiger partial charge in [-0.15, -0.1) is 0 Å². The molecule has 3 nitrogen and oxygen atoms in total. The zero-order valence-electron chi connectivity index (χ0n) is 9.05. The van der Waals surface area contributed by atoms with E-state index < -0.39 is 0 Å². The second-order valence-electron chi connectivity index (χ2n) is 2.91. The van der Waals surface area contributed by atoms with Gasteiger partial charge in [-0.1, -0.05) is 24.3 Å². The molecule has 0 fully saturated rings. The Morgan fingerprint density at radius 1 is 1.43 bits per heavy atom. The van der Waals surface area contributed by atoms with Gasteiger partial charge in [0.25, 0.3) is 0 Å². The summed E-state index contributed by atoms with van der Waals surface area (Å²) in [7, 11) is 0. The lowest BCUT2D eigenvalue weighted by Crippen LogP contribution is -2.34. The number of amides is 2. The maximum Gasteiger partial charge on any atom is 0.319 e. The van der Waals surface area contributed by atoms with Crippen LogP contribution in [0.5, 0.6) is 0 Å². The summed E-state index contributed by atoms with van der Waals surface area (Å²) < 4.78 is 0. The fourth-order valence-corrected chi connectivity index (χ4v) is 0.778. The number of allylic oxidation sites excluding steroid dienone is 4. The highest BCUT2D eigenvalue weighted by atomic mass is 16.2. The van der Waals surface area contributed by atoms with Gasteiger partial charge in [-0.3, -0.25) is 0 Å². The van der Waals surface area contributed by atoms with E-state index in [2.05, 4.69) is 17.2 Å². The fourth-order valence-electron chi connectivity index (χ4n) is 0.778. The zero-order valence-corrected chi connectivity index (χ0v) is 9.05. The largest absolute Gasteiger partial charge is 0.338 e. The molecule has 14 heavy (non-hydrogen) atoms. The van der Waals surface area contributed by atoms with Crippen LogP contribution in [0.15, 0.2) is 36.1 Å². The molecule has 0 aromatic rings. The normalized spacial score (nSPS) is 11.5. The number of urea groups is 1. The molecular weight excluding hydrogens is 176 g/mol. The minimum atomic E-state index is -0.188. The van der Waals surface area contributed by atoms with E-state index in [1.54, 1.807) is 0 Å². The predicted octanol–water partition coefficient (Wildman–Crippen LogP) is 2.34. The molecule has 3 heteroatoms. The molecule has 0 aromatic carbocycles. The number of carbonyl (C=O) groups is 1. The first-order chi connectivity index (χ1) is 6.60. The van der Waals surface area contributed by atoms with Crippen molar-refractivity contribution in [2.75, 3.05) is 6.54 Å². The molecule has 0 atom stereocenters. The molecule has 0 radical (unpaired) electrons. The molecule has 0 aromatic heterocycles. The molecular formula is C11H18N2O. The topological polar surface area (TPSA) is 41.1 Å². The van der Waals surface area contributed by atoms with E-state index >= 15 is 0 Å². The maximum atomic E-state index is 11.1. The predicted molar refractivity (Wildman–Crippen MR) is 59.9 cm³/mol. The molecule has 0 aliphatic rings. The van der Waals surface area contributed by atoms with Gasteiger partial charge in [0.1, 0.15) is 0 Å². The van der Waals surface area contributed by atoms with Crippen molar-refractivity contribution in [2.45, 2.75) is 20.8 Å². The summed E-state index contributed by atoms with van der Waals surface area (Å²) >= 11 is 0. The van der Waals surface area contributed by atoms with Crippen LogP contribution in [0, 0.1) is 0 Å². The van der Waals surface area contributed by atoms with E-state index in [1.165, 1.54) is 0 Å². The highest BCUT2D eigenvalue weighted by Crippen LogP contribution is 1.96. The van der Waals surface area contributed by atoms with E-state index in [4.69, 9.17) is 0 Å². The van der Waals surface area contributed by atoms with Crippen LogP contribution < -0.4 is 10.6 Å². The second-order valence-corrected chi connectivity index (χ2v) is 2.91. The quantitative estimate of drug-likeness (QED) is 0.663. The van der Waals surface area contributed by atoms with Crippen LogP contribution in [0.2, 0.25) is 0 Å². The Morgan fingerprint density at radius 3 is 2.50 bits per heavy atom. The first-order valence-corrected chi connectivity index (χ1v) is 4.65. The van der Waals surface area contributed by atoms with Gasteiger partial charge < -0.3 is 10.6 Å². The highest BCUT2D eigenvalue weighted by Gasteiger charge is 1.97. The van der Waals surface area contributed by atoms with Crippen LogP contribution in [0.1, 0.15) is 20.8 Å². The van der Waals surface area contributed by atoms with Gasteiger partial charge in [0.15, 0.2) is 0 Å². The summed E-state index contributed by atoms with van der Waals surface area (Å²) in [6.45, 7) is 9.99. The Morgan fingerprint density at radius 2 is 2.07 bits per heavy atom. The van der Waals surface area contributed by atoms with Crippen molar-refractivity contribution >= 4 is 6.03 Å². The third-order valence-electron chi connectivity index (χ3n) is 1.45. The van der Waals surface area contributed by atoms with E-state index in [0.717, 1.165) is 11.3 Å². The number of rotatable bonds is 4. The van der Waals surface area contributed by atoms with Crippen molar-refractivity contribution in [1.29, 1.82) is 0 Å². The third-order valence-corrected chi connectivity index (χ3v) is 1.45. The number of nitrogens with one attached hydrogen (secondary N) is 2.